The Balaban J connectivity index is 2.35. The lowest BCUT2D eigenvalue weighted by atomic mass is 10.1. The van der Waals surface area contributed by atoms with Crippen LogP contribution in [-0.2, 0) is 19.1 Å². The van der Waals surface area contributed by atoms with Gasteiger partial charge in [0.1, 0.15) is 0 Å². The molecule has 0 fully saturated rings. The van der Waals surface area contributed by atoms with Crippen LogP contribution in [0.1, 0.15) is 11.1 Å². The van der Waals surface area contributed by atoms with Crippen molar-refractivity contribution in [1.29, 1.82) is 5.26 Å². The molecule has 0 heterocycles. The van der Waals surface area contributed by atoms with E-state index in [1.165, 1.54) is 17.1 Å². The Kier molecular flexibility index (Phi) is 7.01. The van der Waals surface area contributed by atoms with Crippen molar-refractivity contribution in [2.24, 2.45) is 0 Å². The second-order valence-electron chi connectivity index (χ2n) is 4.74. The van der Waals surface area contributed by atoms with Crippen molar-refractivity contribution in [3.8, 4) is 6.07 Å². The molecule has 1 rings (SSSR count). The van der Waals surface area contributed by atoms with Crippen LogP contribution in [0.3, 0.4) is 0 Å². The molecule has 1 N–H and O–H groups in total. The topological polar surface area (TPSA) is 99.5 Å². The first-order valence-corrected chi connectivity index (χ1v) is 6.74. The Morgan fingerprint density at radius 2 is 1.91 bits per heavy atom. The van der Waals surface area contributed by atoms with Gasteiger partial charge in [-0.05, 0) is 23.8 Å². The Morgan fingerprint density at radius 1 is 1.26 bits per heavy atom. The van der Waals surface area contributed by atoms with Crippen LogP contribution in [0.25, 0.3) is 6.08 Å². The lowest BCUT2D eigenvalue weighted by Gasteiger charge is -2.10. The predicted molar refractivity (Wildman–Crippen MR) is 82.9 cm³/mol. The van der Waals surface area contributed by atoms with Gasteiger partial charge in [0, 0.05) is 20.2 Å². The van der Waals surface area contributed by atoms with Crippen molar-refractivity contribution >= 4 is 23.9 Å². The first kappa shape index (κ1) is 17.9. The van der Waals surface area contributed by atoms with Crippen LogP contribution in [0.5, 0.6) is 0 Å². The molecule has 0 aliphatic heterocycles. The van der Waals surface area contributed by atoms with Gasteiger partial charge < -0.3 is 15.0 Å². The minimum atomic E-state index is -0.677. The summed E-state index contributed by atoms with van der Waals surface area (Å²) in [6.07, 6.45) is 2.69. The summed E-state index contributed by atoms with van der Waals surface area (Å²) in [5, 5.41) is 11.0. The molecule has 0 aliphatic carbocycles. The van der Waals surface area contributed by atoms with E-state index < -0.39 is 18.5 Å². The molecule has 0 radical (unpaired) electrons. The number of amides is 2. The van der Waals surface area contributed by atoms with Gasteiger partial charge in [0.2, 0.25) is 5.91 Å². The molecule has 0 spiro atoms. The fraction of sp³-hybridized carbons (Fsp3) is 0.250. The molecule has 0 saturated heterocycles. The highest BCUT2D eigenvalue weighted by molar-refractivity contribution is 5.90. The molecule has 120 valence electrons. The van der Waals surface area contributed by atoms with Gasteiger partial charge >= 0.3 is 5.97 Å². The Morgan fingerprint density at radius 3 is 2.48 bits per heavy atom. The van der Waals surface area contributed by atoms with E-state index in [0.717, 1.165) is 5.56 Å². The molecular formula is C16H17N3O4. The van der Waals surface area contributed by atoms with Gasteiger partial charge in [0.15, 0.2) is 6.61 Å². The van der Waals surface area contributed by atoms with E-state index in [1.807, 2.05) is 6.07 Å². The number of nitrogens with zero attached hydrogens (tertiary/aromatic N) is 2. The summed E-state index contributed by atoms with van der Waals surface area (Å²) in [6.45, 7) is -0.609. The fourth-order valence-corrected chi connectivity index (χ4v) is 1.40. The number of likely N-dealkylation sites (N-methyl/N-ethyl adjacent to an activating group) is 1. The number of esters is 1. The van der Waals surface area contributed by atoms with Crippen molar-refractivity contribution in [3.05, 3.63) is 41.5 Å². The van der Waals surface area contributed by atoms with Crippen LogP contribution in [0.15, 0.2) is 30.3 Å². The molecule has 0 bridgehead atoms. The lowest BCUT2D eigenvalue weighted by Crippen LogP contribution is -2.38. The van der Waals surface area contributed by atoms with Crippen LogP contribution in [0, 0.1) is 11.3 Å². The zero-order valence-corrected chi connectivity index (χ0v) is 12.9. The van der Waals surface area contributed by atoms with Crippen LogP contribution < -0.4 is 5.32 Å². The maximum absolute atomic E-state index is 11.5. The van der Waals surface area contributed by atoms with Gasteiger partial charge in [-0.3, -0.25) is 9.59 Å². The van der Waals surface area contributed by atoms with Gasteiger partial charge in [-0.1, -0.05) is 12.1 Å². The molecule has 0 aromatic heterocycles. The number of carbonyl (C=O) groups is 3. The highest BCUT2D eigenvalue weighted by atomic mass is 16.5. The van der Waals surface area contributed by atoms with E-state index in [-0.39, 0.29) is 12.5 Å². The zero-order valence-electron chi connectivity index (χ0n) is 12.9. The largest absolute Gasteiger partial charge is 0.452 e. The van der Waals surface area contributed by atoms with Crippen LogP contribution >= 0.6 is 0 Å². The minimum Gasteiger partial charge on any atom is -0.452 e. The fourth-order valence-electron chi connectivity index (χ4n) is 1.40. The monoisotopic (exact) mass is 315 g/mol. The quantitative estimate of drug-likeness (QED) is 0.602. The highest BCUT2D eigenvalue weighted by Gasteiger charge is 2.08. The number of rotatable bonds is 6. The number of nitriles is 1. The molecule has 2 amide bonds. The van der Waals surface area contributed by atoms with E-state index in [1.54, 1.807) is 38.4 Å². The molecule has 0 saturated carbocycles. The van der Waals surface area contributed by atoms with Gasteiger partial charge in [-0.2, -0.15) is 5.26 Å². The first-order chi connectivity index (χ1) is 10.9. The zero-order chi connectivity index (χ0) is 17.2. The molecule has 0 unspecified atom stereocenters. The molecule has 7 heteroatoms. The van der Waals surface area contributed by atoms with E-state index in [4.69, 9.17) is 10.00 Å². The summed E-state index contributed by atoms with van der Waals surface area (Å²) < 4.78 is 4.75. The van der Waals surface area contributed by atoms with Crippen LogP contribution in [0.2, 0.25) is 0 Å². The summed E-state index contributed by atoms with van der Waals surface area (Å²) in [7, 11) is 3.14. The van der Waals surface area contributed by atoms with Crippen molar-refractivity contribution < 1.29 is 19.1 Å². The number of hydrogen-bond donors (Lipinski definition) is 1. The summed E-state index contributed by atoms with van der Waals surface area (Å²) >= 11 is 0. The van der Waals surface area contributed by atoms with Crippen molar-refractivity contribution in [3.63, 3.8) is 0 Å². The van der Waals surface area contributed by atoms with Gasteiger partial charge in [0.05, 0.1) is 18.2 Å². The number of ether oxygens (including phenoxy) is 1. The molecule has 23 heavy (non-hydrogen) atoms. The van der Waals surface area contributed by atoms with Gasteiger partial charge in [0.25, 0.3) is 5.91 Å². The Bertz CT molecular complexity index is 642. The normalized spacial score (nSPS) is 9.96. The summed E-state index contributed by atoms with van der Waals surface area (Å²) in [5.74, 6) is -1.49. The lowest BCUT2D eigenvalue weighted by molar-refractivity contribution is -0.144. The van der Waals surface area contributed by atoms with E-state index in [9.17, 15) is 14.4 Å². The third kappa shape index (κ3) is 6.91. The minimum absolute atomic E-state index is 0.148. The summed E-state index contributed by atoms with van der Waals surface area (Å²) in [4.78, 5) is 35.5. The highest BCUT2D eigenvalue weighted by Crippen LogP contribution is 2.05. The maximum Gasteiger partial charge on any atom is 0.331 e. The van der Waals surface area contributed by atoms with E-state index in [0.29, 0.717) is 5.56 Å². The van der Waals surface area contributed by atoms with Crippen molar-refractivity contribution in [2.75, 3.05) is 27.2 Å². The van der Waals surface area contributed by atoms with E-state index in [2.05, 4.69) is 5.32 Å². The van der Waals surface area contributed by atoms with Gasteiger partial charge in [-0.15, -0.1) is 0 Å². The Hall–Kier alpha value is -3.14. The molecule has 1 aromatic carbocycles. The van der Waals surface area contributed by atoms with Crippen LogP contribution in [0.4, 0.5) is 0 Å². The molecular weight excluding hydrogens is 298 g/mol. The standard InChI is InChI=1S/C16H17N3O4/c1-19(2)15(21)10-18-14(20)11-23-16(22)8-7-12-3-5-13(9-17)6-4-12/h3-8H,10-11H2,1-2H3,(H,18,20)/b8-7+. The van der Waals surface area contributed by atoms with Crippen LogP contribution in [-0.4, -0.2) is 49.9 Å². The predicted octanol–water partition coefficient (Wildman–Crippen LogP) is 0.319. The number of nitrogens with one attached hydrogen (secondary N) is 1. The number of benzene rings is 1. The average Bonchev–Trinajstić information content (AvgIpc) is 2.56. The average molecular weight is 315 g/mol. The number of carbonyl (C=O) groups excluding carboxylic acids is 3. The molecule has 1 aromatic rings. The first-order valence-electron chi connectivity index (χ1n) is 6.74. The second kappa shape index (κ2) is 9.00. The second-order valence-corrected chi connectivity index (χ2v) is 4.74. The Labute approximate surface area is 134 Å². The van der Waals surface area contributed by atoms with Gasteiger partial charge in [-0.25, -0.2) is 4.79 Å². The summed E-state index contributed by atoms with van der Waals surface area (Å²) in [5.41, 5.74) is 1.25. The third-order valence-electron chi connectivity index (χ3n) is 2.73. The summed E-state index contributed by atoms with van der Waals surface area (Å²) in [6, 6.07) is 8.61. The SMILES string of the molecule is CN(C)C(=O)CNC(=O)COC(=O)/C=C/c1ccc(C#N)cc1. The van der Waals surface area contributed by atoms with Crippen molar-refractivity contribution in [2.45, 2.75) is 0 Å². The number of hydrogen-bond acceptors (Lipinski definition) is 5. The molecule has 0 atom stereocenters. The maximum atomic E-state index is 11.5. The molecule has 0 aliphatic rings. The van der Waals surface area contributed by atoms with Crippen molar-refractivity contribution in [1.82, 2.24) is 10.2 Å². The third-order valence-corrected chi connectivity index (χ3v) is 2.73. The molecule has 7 nitrogen and oxygen atoms in total. The van der Waals surface area contributed by atoms with E-state index >= 15 is 0 Å². The smallest absolute Gasteiger partial charge is 0.331 e.